The minimum Gasteiger partial charge on any atom is -0.506 e. The Kier molecular flexibility index (Phi) is 20.3. The number of aliphatic carboxylic acids is 1. The summed E-state index contributed by atoms with van der Waals surface area (Å²) < 4.78 is 119. The standard InChI is InChI=1S/C45H55N3O13S2.2O3S/c1-7-12-35(49)28-22-29(36(50)13-8-2)40-34(24-28)48(19-11-21-63(59,60)61)38(45(40,5)6)26-31-41(53)30(42(31)54)25-37-44(3,4)32-23-27(43(55)46-17-9-14-39(51)52)15-16-33(32)47(37)18-10-20-62(56,57)58;2*1-4(2)3/h15-16,22-26H,7-14,17-21H2,1-6H3,(H4-,46,51,52,53,54,55,56,57,58,59,60,61);;/p+1. The predicted octanol–water partition coefficient (Wildman–Crippen LogP) is 4.17. The fraction of sp³-hybridized carbons (Fsp3) is 0.467. The number of carboxylic acid groups (broad SMARTS) is 1. The van der Waals surface area contributed by atoms with Crippen LogP contribution in [-0.2, 0) is 61.9 Å². The topological polar surface area (TPSA) is 355 Å². The molecule has 2 heterocycles. The number of anilines is 1. The Morgan fingerprint density at radius 2 is 1.32 bits per heavy atom. The molecule has 1 aliphatic carbocycles. The van der Waals surface area contributed by atoms with Crippen LogP contribution in [0.3, 0.4) is 0 Å². The SMILES string of the molecule is CCCC(=O)c1cc(C(=O)CCC)c2c(c1)N(CCCS(=O)(=O)O)C(=CC1=C(O)C(=CC3=[N+](CCCS(=O)(=O)O)c4ccc(C(=O)NCCCC(=O)O)cc4C3(C)C)C1=O)C2(C)C.O=S(=O)=O.O=S(=O)=O. The van der Waals surface area contributed by atoms with Crippen LogP contribution in [0.2, 0.25) is 0 Å². The fourth-order valence-electron chi connectivity index (χ4n) is 8.56. The van der Waals surface area contributed by atoms with E-state index >= 15 is 0 Å². The number of aliphatic hydroxyl groups is 1. The van der Waals surface area contributed by atoms with Crippen LogP contribution in [0.1, 0.15) is 135 Å². The van der Waals surface area contributed by atoms with Crippen molar-refractivity contribution in [2.75, 3.05) is 36.0 Å². The van der Waals surface area contributed by atoms with E-state index in [-0.39, 0.29) is 92.2 Å². The van der Waals surface area contributed by atoms with Crippen molar-refractivity contribution in [3.63, 3.8) is 0 Å². The molecule has 0 saturated heterocycles. The third-order valence-corrected chi connectivity index (χ3v) is 13.3. The van der Waals surface area contributed by atoms with Crippen molar-refractivity contribution in [2.45, 2.75) is 104 Å². The quantitative estimate of drug-likeness (QED) is 0.0385. The van der Waals surface area contributed by atoms with E-state index in [0.717, 1.165) is 0 Å². The molecule has 0 atom stereocenters. The third kappa shape index (κ3) is 15.5. The Hall–Kier alpha value is -6.06. The number of rotatable bonds is 21. The summed E-state index contributed by atoms with van der Waals surface area (Å²) in [5.74, 6) is -3.86. The molecule has 5 rings (SSSR count). The lowest BCUT2D eigenvalue weighted by Crippen LogP contribution is -2.33. The molecule has 2 aromatic carbocycles. The monoisotopic (exact) mass is 1070 g/mol. The zero-order valence-electron chi connectivity index (χ0n) is 39.7. The Bertz CT molecular complexity index is 3060. The van der Waals surface area contributed by atoms with E-state index in [0.29, 0.717) is 57.9 Å². The first-order chi connectivity index (χ1) is 32.8. The van der Waals surface area contributed by atoms with E-state index in [2.05, 4.69) is 5.32 Å². The number of nitrogens with one attached hydrogen (secondary N) is 1. The van der Waals surface area contributed by atoms with Gasteiger partial charge in [0.25, 0.3) is 26.1 Å². The molecule has 0 radical (unpaired) electrons. The van der Waals surface area contributed by atoms with Crippen molar-refractivity contribution in [1.82, 2.24) is 5.32 Å². The number of aliphatic hydroxyl groups excluding tert-OH is 1. The van der Waals surface area contributed by atoms with Gasteiger partial charge in [0.15, 0.2) is 17.3 Å². The van der Waals surface area contributed by atoms with Crippen LogP contribution in [-0.4, -0.2) is 132 Å². The van der Waals surface area contributed by atoms with Gasteiger partial charge >= 0.3 is 27.2 Å². The van der Waals surface area contributed by atoms with E-state index < -0.39 is 81.4 Å². The van der Waals surface area contributed by atoms with Gasteiger partial charge in [-0.15, -0.1) is 25.3 Å². The summed E-state index contributed by atoms with van der Waals surface area (Å²) in [7, 11) is -14.9. The largest absolute Gasteiger partial charge is 0.506 e. The summed E-state index contributed by atoms with van der Waals surface area (Å²) >= 11 is 0. The minimum absolute atomic E-state index is 0.00501. The number of carboxylic acids is 1. The van der Waals surface area contributed by atoms with Gasteiger partial charge in [-0.1, -0.05) is 27.7 Å². The number of hydrogen-bond donors (Lipinski definition) is 5. The number of allylic oxidation sites excluding steroid dienone is 5. The lowest BCUT2D eigenvalue weighted by molar-refractivity contribution is -0.437. The van der Waals surface area contributed by atoms with Gasteiger partial charge in [-0.2, -0.15) is 21.4 Å². The van der Waals surface area contributed by atoms with Crippen molar-refractivity contribution in [2.24, 2.45) is 0 Å². The van der Waals surface area contributed by atoms with E-state index in [1.807, 2.05) is 41.5 Å². The number of hydrogen-bond acceptors (Lipinski definition) is 17. The van der Waals surface area contributed by atoms with Crippen LogP contribution in [0, 0.1) is 0 Å². The molecular formula is C45H56N3O19S4+. The van der Waals surface area contributed by atoms with Crippen molar-refractivity contribution < 1.29 is 90.0 Å². The Balaban J connectivity index is 0.00000154. The second-order valence-electron chi connectivity index (χ2n) is 17.6. The van der Waals surface area contributed by atoms with Crippen molar-refractivity contribution >= 4 is 87.8 Å². The summed E-state index contributed by atoms with van der Waals surface area (Å²) in [6.07, 6.45) is 4.56. The van der Waals surface area contributed by atoms with Crippen LogP contribution < -0.4 is 10.2 Å². The number of Topliss-reactive ketones (excluding diaryl/α,β-unsaturated/α-hetero) is 3. The van der Waals surface area contributed by atoms with Gasteiger partial charge < -0.3 is 20.4 Å². The number of fused-ring (bicyclic) bond motifs is 2. The molecule has 3 aliphatic rings. The lowest BCUT2D eigenvalue weighted by Gasteiger charge is -2.29. The highest BCUT2D eigenvalue weighted by molar-refractivity contribution is 7.86. The van der Waals surface area contributed by atoms with Gasteiger partial charge in [-0.05, 0) is 75.4 Å². The van der Waals surface area contributed by atoms with Crippen LogP contribution >= 0.6 is 0 Å². The first kappa shape index (κ1) is 59.2. The molecule has 71 heavy (non-hydrogen) atoms. The van der Waals surface area contributed by atoms with Crippen molar-refractivity contribution in [3.8, 4) is 0 Å². The summed E-state index contributed by atoms with van der Waals surface area (Å²) in [5, 5.41) is 23.4. The molecule has 0 bridgehead atoms. The van der Waals surface area contributed by atoms with E-state index in [9.17, 15) is 55.0 Å². The number of ketones is 3. The second kappa shape index (κ2) is 24.4. The van der Waals surface area contributed by atoms with Gasteiger partial charge in [0, 0.05) is 90.0 Å². The maximum absolute atomic E-state index is 14.2. The molecule has 1 amide bonds. The fourth-order valence-corrected chi connectivity index (χ4v) is 9.55. The average Bonchev–Trinajstić information content (AvgIpc) is 3.58. The third-order valence-electron chi connectivity index (χ3n) is 11.7. The van der Waals surface area contributed by atoms with Crippen LogP contribution in [0.25, 0.3) is 0 Å². The molecule has 2 aliphatic heterocycles. The molecule has 0 saturated carbocycles. The molecule has 388 valence electrons. The highest BCUT2D eigenvalue weighted by atomic mass is 32.2. The Morgan fingerprint density at radius 3 is 1.86 bits per heavy atom. The van der Waals surface area contributed by atoms with E-state index in [4.69, 9.17) is 30.4 Å². The van der Waals surface area contributed by atoms with Crippen LogP contribution in [0.5, 0.6) is 0 Å². The van der Waals surface area contributed by atoms with Crippen LogP contribution in [0.4, 0.5) is 11.4 Å². The Labute approximate surface area is 413 Å². The summed E-state index contributed by atoms with van der Waals surface area (Å²) in [5.41, 5.74) is 2.04. The Morgan fingerprint density at radius 1 is 0.761 bits per heavy atom. The maximum atomic E-state index is 14.2. The zero-order chi connectivity index (χ0) is 54.0. The summed E-state index contributed by atoms with van der Waals surface area (Å²) in [4.78, 5) is 67.0. The van der Waals surface area contributed by atoms with E-state index in [1.54, 1.807) is 39.8 Å². The number of benzene rings is 2. The highest BCUT2D eigenvalue weighted by Crippen LogP contribution is 2.52. The van der Waals surface area contributed by atoms with Gasteiger partial charge in [0.1, 0.15) is 12.3 Å². The molecule has 0 unspecified atom stereocenters. The number of amides is 1. The van der Waals surface area contributed by atoms with Crippen molar-refractivity contribution in [1.29, 1.82) is 0 Å². The molecule has 0 spiro atoms. The van der Waals surface area contributed by atoms with Gasteiger partial charge in [-0.25, -0.2) is 0 Å². The van der Waals surface area contributed by atoms with E-state index in [1.165, 1.54) is 12.2 Å². The lowest BCUT2D eigenvalue weighted by atomic mass is 9.76. The number of nitrogens with zero attached hydrogens (tertiary/aromatic N) is 2. The first-order valence-electron chi connectivity index (χ1n) is 22.0. The predicted molar refractivity (Wildman–Crippen MR) is 256 cm³/mol. The molecule has 22 nitrogen and oxygen atoms in total. The van der Waals surface area contributed by atoms with Gasteiger partial charge in [0.2, 0.25) is 11.5 Å². The average molecular weight is 1070 g/mol. The first-order valence-corrected chi connectivity index (χ1v) is 27.2. The smallest absolute Gasteiger partial charge is 0.425 e. The molecule has 0 fully saturated rings. The summed E-state index contributed by atoms with van der Waals surface area (Å²) in [6, 6.07) is 8.16. The minimum atomic E-state index is -4.36. The van der Waals surface area contributed by atoms with Crippen LogP contribution in [0.15, 0.2) is 65.1 Å². The van der Waals surface area contributed by atoms with Crippen molar-refractivity contribution in [3.05, 3.63) is 92.9 Å². The molecule has 2 aromatic rings. The van der Waals surface area contributed by atoms with Gasteiger partial charge in [-0.3, -0.25) is 33.1 Å². The number of carbonyl (C=O) groups excluding carboxylic acids is 4. The maximum Gasteiger partial charge on any atom is 0.425 e. The summed E-state index contributed by atoms with van der Waals surface area (Å²) in [6.45, 7) is 11.3. The molecule has 0 aromatic heterocycles. The number of carbonyl (C=O) groups is 5. The normalized spacial score (nSPS) is 16.6. The second-order valence-corrected chi connectivity index (χ2v) is 21.5. The van der Waals surface area contributed by atoms with Gasteiger partial charge in [0.05, 0.1) is 28.1 Å². The highest BCUT2D eigenvalue weighted by Gasteiger charge is 2.48. The zero-order valence-corrected chi connectivity index (χ0v) is 42.9. The molecule has 26 heteroatoms. The molecular weight excluding hydrogens is 1010 g/mol. The molecule has 5 N–H and O–H groups in total.